The smallest absolute Gasteiger partial charge is 0.257 e. The van der Waals surface area contributed by atoms with Crippen LogP contribution >= 0.6 is 15.9 Å². The van der Waals surface area contributed by atoms with Crippen LogP contribution in [0.1, 0.15) is 23.7 Å². The molecule has 1 unspecified atom stereocenters. The first-order valence-corrected chi connectivity index (χ1v) is 7.45. The molecule has 110 valence electrons. The second-order valence-electron chi connectivity index (χ2n) is 5.00. The molecule has 0 aromatic heterocycles. The minimum absolute atomic E-state index is 0.276. The molecule has 1 aliphatic rings. The highest BCUT2D eigenvalue weighted by molar-refractivity contribution is 9.10. The van der Waals surface area contributed by atoms with E-state index in [-0.39, 0.29) is 4.47 Å². The molecule has 1 aliphatic heterocycles. The Morgan fingerprint density at radius 2 is 2.10 bits per heavy atom. The van der Waals surface area contributed by atoms with E-state index >= 15 is 0 Å². The third kappa shape index (κ3) is 3.55. The van der Waals surface area contributed by atoms with E-state index < -0.39 is 23.1 Å². The molecular weight excluding hydrogens is 330 g/mol. The summed E-state index contributed by atoms with van der Waals surface area (Å²) in [7, 11) is 0. The highest BCUT2D eigenvalue weighted by Gasteiger charge is 2.23. The van der Waals surface area contributed by atoms with Crippen LogP contribution < -0.4 is 5.32 Å². The van der Waals surface area contributed by atoms with Crippen LogP contribution in [0.3, 0.4) is 0 Å². The third-order valence-corrected chi connectivity index (χ3v) is 4.06. The molecule has 20 heavy (non-hydrogen) atoms. The van der Waals surface area contributed by atoms with Gasteiger partial charge in [-0.2, -0.15) is 0 Å². The summed E-state index contributed by atoms with van der Waals surface area (Å²) in [6.07, 6.45) is 0.999. The van der Waals surface area contributed by atoms with Crippen LogP contribution in [0.4, 0.5) is 8.78 Å². The maximum atomic E-state index is 13.6. The fraction of sp³-hybridized carbons (Fsp3) is 0.500. The summed E-state index contributed by atoms with van der Waals surface area (Å²) in [5.74, 6) is -2.05. The lowest BCUT2D eigenvalue weighted by Gasteiger charge is -2.14. The average molecular weight is 347 g/mol. The minimum atomic E-state index is -0.851. The molecule has 0 saturated carbocycles. The molecule has 1 N–H and O–H groups in total. The van der Waals surface area contributed by atoms with Gasteiger partial charge in [0.05, 0.1) is 0 Å². The standard InChI is InChI=1S/C14H17BrF2N2O/c1-2-19-4-3-9(8-19)7-18-14(20)13-11(16)5-10(15)6-12(13)17/h5-6,9H,2-4,7-8H2,1H3,(H,18,20). The Labute approximate surface area is 125 Å². The van der Waals surface area contributed by atoms with Crippen molar-refractivity contribution in [3.63, 3.8) is 0 Å². The molecule has 0 spiro atoms. The second kappa shape index (κ2) is 6.63. The first-order chi connectivity index (χ1) is 9.51. The fourth-order valence-corrected chi connectivity index (χ4v) is 2.85. The molecule has 6 heteroatoms. The van der Waals surface area contributed by atoms with Crippen molar-refractivity contribution in [3.05, 3.63) is 33.8 Å². The highest BCUT2D eigenvalue weighted by Crippen LogP contribution is 2.20. The van der Waals surface area contributed by atoms with E-state index in [0.717, 1.165) is 38.2 Å². The molecule has 1 fully saturated rings. The van der Waals surface area contributed by atoms with Gasteiger partial charge in [0.25, 0.3) is 5.91 Å². The van der Waals surface area contributed by atoms with E-state index in [2.05, 4.69) is 33.1 Å². The largest absolute Gasteiger partial charge is 0.352 e. The molecule has 2 rings (SSSR count). The zero-order valence-corrected chi connectivity index (χ0v) is 12.8. The number of nitrogens with one attached hydrogen (secondary N) is 1. The van der Waals surface area contributed by atoms with E-state index in [9.17, 15) is 13.6 Å². The number of rotatable bonds is 4. The zero-order chi connectivity index (χ0) is 14.7. The Hall–Kier alpha value is -1.01. The Balaban J connectivity index is 1.96. The molecule has 1 aromatic carbocycles. The molecule has 1 amide bonds. The molecule has 0 bridgehead atoms. The van der Waals surface area contributed by atoms with Gasteiger partial charge in [-0.15, -0.1) is 0 Å². The van der Waals surface area contributed by atoms with Crippen LogP contribution in [0.2, 0.25) is 0 Å². The van der Waals surface area contributed by atoms with Crippen molar-refractivity contribution < 1.29 is 13.6 Å². The maximum Gasteiger partial charge on any atom is 0.257 e. The van der Waals surface area contributed by atoms with Gasteiger partial charge in [-0.25, -0.2) is 8.78 Å². The van der Waals surface area contributed by atoms with Crippen molar-refractivity contribution in [1.82, 2.24) is 10.2 Å². The van der Waals surface area contributed by atoms with E-state index in [4.69, 9.17) is 0 Å². The van der Waals surface area contributed by atoms with E-state index in [1.165, 1.54) is 0 Å². The lowest BCUT2D eigenvalue weighted by atomic mass is 10.1. The Bertz CT molecular complexity index is 487. The van der Waals surface area contributed by atoms with Crippen molar-refractivity contribution in [2.24, 2.45) is 5.92 Å². The molecule has 1 atom stereocenters. The molecule has 3 nitrogen and oxygen atoms in total. The number of amides is 1. The van der Waals surface area contributed by atoms with E-state index in [1.54, 1.807) is 0 Å². The topological polar surface area (TPSA) is 32.3 Å². The highest BCUT2D eigenvalue weighted by atomic mass is 79.9. The monoisotopic (exact) mass is 346 g/mol. The lowest BCUT2D eigenvalue weighted by molar-refractivity contribution is 0.0939. The summed E-state index contributed by atoms with van der Waals surface area (Å²) in [4.78, 5) is 14.2. The number of carbonyl (C=O) groups excluding carboxylic acids is 1. The van der Waals surface area contributed by atoms with Crippen molar-refractivity contribution in [3.8, 4) is 0 Å². The van der Waals surface area contributed by atoms with Crippen LogP contribution in [-0.2, 0) is 0 Å². The number of hydrogen-bond acceptors (Lipinski definition) is 2. The minimum Gasteiger partial charge on any atom is -0.352 e. The summed E-state index contributed by atoms with van der Waals surface area (Å²) in [5, 5.41) is 2.63. The fourth-order valence-electron chi connectivity index (χ4n) is 2.45. The van der Waals surface area contributed by atoms with Gasteiger partial charge in [-0.1, -0.05) is 22.9 Å². The van der Waals surface area contributed by atoms with Crippen LogP contribution in [0.25, 0.3) is 0 Å². The lowest BCUT2D eigenvalue weighted by Crippen LogP contribution is -2.32. The van der Waals surface area contributed by atoms with Gasteiger partial charge in [-0.3, -0.25) is 4.79 Å². The maximum absolute atomic E-state index is 13.6. The van der Waals surface area contributed by atoms with Crippen LogP contribution in [0.15, 0.2) is 16.6 Å². The normalized spacial score (nSPS) is 19.3. The Morgan fingerprint density at radius 3 is 2.65 bits per heavy atom. The van der Waals surface area contributed by atoms with Gasteiger partial charge in [-0.05, 0) is 37.6 Å². The van der Waals surface area contributed by atoms with Crippen molar-refractivity contribution in [1.29, 1.82) is 0 Å². The van der Waals surface area contributed by atoms with Crippen molar-refractivity contribution >= 4 is 21.8 Å². The molecule has 1 aromatic rings. The first kappa shape index (κ1) is 15.4. The Kier molecular flexibility index (Phi) is 5.10. The summed E-state index contributed by atoms with van der Waals surface area (Å²) in [6.45, 7) is 5.46. The van der Waals surface area contributed by atoms with Gasteiger partial charge in [0, 0.05) is 17.6 Å². The molecule has 1 saturated heterocycles. The number of nitrogens with zero attached hydrogens (tertiary/aromatic N) is 1. The number of hydrogen-bond donors (Lipinski definition) is 1. The van der Waals surface area contributed by atoms with E-state index in [0.29, 0.717) is 12.5 Å². The number of benzene rings is 1. The Morgan fingerprint density at radius 1 is 1.45 bits per heavy atom. The van der Waals surface area contributed by atoms with Crippen molar-refractivity contribution in [2.45, 2.75) is 13.3 Å². The van der Waals surface area contributed by atoms with Crippen LogP contribution in [-0.4, -0.2) is 37.0 Å². The third-order valence-electron chi connectivity index (χ3n) is 3.60. The predicted molar refractivity (Wildman–Crippen MR) is 76.6 cm³/mol. The predicted octanol–water partition coefficient (Wildman–Crippen LogP) is 2.80. The summed E-state index contributed by atoms with van der Waals surface area (Å²) >= 11 is 2.99. The van der Waals surface area contributed by atoms with Gasteiger partial charge in [0.2, 0.25) is 0 Å². The number of carbonyl (C=O) groups is 1. The SMILES string of the molecule is CCN1CCC(CNC(=O)c2c(F)cc(Br)cc2F)C1. The quantitative estimate of drug-likeness (QED) is 0.909. The van der Waals surface area contributed by atoms with Crippen molar-refractivity contribution in [2.75, 3.05) is 26.2 Å². The molecule has 1 heterocycles. The van der Waals surface area contributed by atoms with Crippen LogP contribution in [0.5, 0.6) is 0 Å². The number of halogens is 3. The van der Waals surface area contributed by atoms with Gasteiger partial charge in [0.1, 0.15) is 17.2 Å². The van der Waals surface area contributed by atoms with Crippen LogP contribution in [0, 0.1) is 17.6 Å². The zero-order valence-electron chi connectivity index (χ0n) is 11.3. The molecular formula is C14H17BrF2N2O. The average Bonchev–Trinajstić information content (AvgIpc) is 2.83. The second-order valence-corrected chi connectivity index (χ2v) is 5.92. The summed E-state index contributed by atoms with van der Waals surface area (Å²) in [6, 6.07) is 2.18. The van der Waals surface area contributed by atoms with E-state index in [1.807, 2.05) is 0 Å². The molecule has 0 radical (unpaired) electrons. The summed E-state index contributed by atoms with van der Waals surface area (Å²) < 4.78 is 27.6. The molecule has 0 aliphatic carbocycles. The number of likely N-dealkylation sites (tertiary alicyclic amines) is 1. The first-order valence-electron chi connectivity index (χ1n) is 6.66. The van der Waals surface area contributed by atoms with Gasteiger partial charge in [0.15, 0.2) is 0 Å². The van der Waals surface area contributed by atoms with Gasteiger partial charge >= 0.3 is 0 Å². The van der Waals surface area contributed by atoms with Gasteiger partial charge < -0.3 is 10.2 Å². The summed E-state index contributed by atoms with van der Waals surface area (Å²) in [5.41, 5.74) is -0.515.